The van der Waals surface area contributed by atoms with Gasteiger partial charge in [-0.1, -0.05) is 84.1 Å². The number of carboxylic acids is 1. The number of thiazole rings is 1. The Morgan fingerprint density at radius 2 is 1.40 bits per heavy atom. The molecule has 0 atom stereocenters. The van der Waals surface area contributed by atoms with Crippen molar-refractivity contribution in [3.63, 3.8) is 0 Å². The summed E-state index contributed by atoms with van der Waals surface area (Å²) < 4.78 is 46.3. The first-order valence-corrected chi connectivity index (χ1v) is 18.5. The number of ether oxygens (including phenoxy) is 3. The molecule has 53 heavy (non-hydrogen) atoms. The molecule has 0 radical (unpaired) electrons. The quantitative estimate of drug-likeness (QED) is 0.140. The Hall–Kier alpha value is -5.74. The van der Waals surface area contributed by atoms with Gasteiger partial charge < -0.3 is 19.3 Å². The highest BCUT2D eigenvalue weighted by atomic mass is 32.2. The number of aromatic nitrogens is 2. The number of para-hydroxylation sites is 1. The largest absolute Gasteiger partial charge is 0.477 e. The average molecular weight is 763 g/mol. The number of nitrogens with one attached hydrogen (secondary N) is 1. The minimum atomic E-state index is -4.90. The number of rotatable bonds is 9. The second-order valence-electron chi connectivity index (χ2n) is 13.8. The van der Waals surface area contributed by atoms with E-state index in [9.17, 15) is 32.7 Å². The van der Waals surface area contributed by atoms with Crippen LogP contribution in [0.15, 0.2) is 85.1 Å². The topological polar surface area (TPSA) is 183 Å². The molecule has 0 aliphatic rings. The number of carboxylic acid groups (broad SMARTS) is 1. The number of carbonyl (C=O) groups is 4. The summed E-state index contributed by atoms with van der Waals surface area (Å²) in [6.45, 7) is 9.56. The number of fused-ring (bicyclic) bond motifs is 1. The third-order valence-corrected chi connectivity index (χ3v) is 9.43. The Kier molecular flexibility index (Phi) is 11.0. The highest BCUT2D eigenvalue weighted by Crippen LogP contribution is 2.40. The minimum absolute atomic E-state index is 0.0204. The molecular formula is C37H38N4O10S2. The SMILES string of the molecule is CC(C)(C)OC(=O)N(C(=O)OC(C)(C)C)c1nc2c(-c3c(Cc4ccccc4)cn(S(=O)(=O)NC(=O)OCc4ccccc4)c3C(=O)O)cccc2s1. The maximum absolute atomic E-state index is 13.7. The molecule has 2 heterocycles. The van der Waals surface area contributed by atoms with Crippen LogP contribution >= 0.6 is 11.3 Å². The number of carbonyl (C=O) groups excluding carboxylic acids is 3. The van der Waals surface area contributed by atoms with Gasteiger partial charge in [-0.2, -0.15) is 13.3 Å². The van der Waals surface area contributed by atoms with Crippen molar-refractivity contribution < 1.29 is 46.9 Å². The molecule has 0 fully saturated rings. The van der Waals surface area contributed by atoms with Crippen molar-refractivity contribution in [1.29, 1.82) is 0 Å². The molecule has 0 aliphatic carbocycles. The zero-order valence-electron chi connectivity index (χ0n) is 29.8. The van der Waals surface area contributed by atoms with Crippen LogP contribution in [0.4, 0.5) is 19.5 Å². The van der Waals surface area contributed by atoms with E-state index in [1.807, 2.05) is 0 Å². The maximum Gasteiger partial charge on any atom is 0.426 e. The number of benzene rings is 3. The molecule has 0 aliphatic heterocycles. The van der Waals surface area contributed by atoms with Crippen LogP contribution in [-0.2, 0) is 37.4 Å². The Balaban J connectivity index is 1.65. The number of anilines is 1. The smallest absolute Gasteiger partial charge is 0.426 e. The summed E-state index contributed by atoms with van der Waals surface area (Å²) in [7, 11) is -4.90. The van der Waals surface area contributed by atoms with Gasteiger partial charge in [0, 0.05) is 17.3 Å². The molecule has 5 aromatic rings. The van der Waals surface area contributed by atoms with Crippen LogP contribution in [0.25, 0.3) is 21.3 Å². The average Bonchev–Trinajstić information content (AvgIpc) is 3.65. The van der Waals surface area contributed by atoms with Crippen LogP contribution in [0.2, 0.25) is 0 Å². The molecule has 3 amide bonds. The van der Waals surface area contributed by atoms with Crippen molar-refractivity contribution in [3.05, 3.63) is 107 Å². The van der Waals surface area contributed by atoms with Crippen molar-refractivity contribution >= 4 is 61.1 Å². The van der Waals surface area contributed by atoms with Gasteiger partial charge in [0.25, 0.3) is 0 Å². The van der Waals surface area contributed by atoms with Crippen molar-refractivity contribution in [2.24, 2.45) is 0 Å². The molecule has 0 saturated carbocycles. The molecule has 16 heteroatoms. The molecule has 2 aromatic heterocycles. The number of amides is 3. The lowest BCUT2D eigenvalue weighted by Crippen LogP contribution is -2.43. The predicted octanol–water partition coefficient (Wildman–Crippen LogP) is 7.75. The van der Waals surface area contributed by atoms with Crippen molar-refractivity contribution in [3.8, 4) is 11.1 Å². The van der Waals surface area contributed by atoms with E-state index in [-0.39, 0.29) is 40.4 Å². The van der Waals surface area contributed by atoms with Gasteiger partial charge in [-0.05, 0) is 70.7 Å². The van der Waals surface area contributed by atoms with E-state index < -0.39 is 51.4 Å². The summed E-state index contributed by atoms with van der Waals surface area (Å²) in [5, 5.41) is 10.5. The fraction of sp³-hybridized carbons (Fsp3) is 0.270. The van der Waals surface area contributed by atoms with Gasteiger partial charge in [0.15, 0.2) is 5.69 Å². The van der Waals surface area contributed by atoms with Crippen LogP contribution in [-0.4, -0.2) is 57.9 Å². The first kappa shape index (κ1) is 38.5. The molecule has 0 spiro atoms. The summed E-state index contributed by atoms with van der Waals surface area (Å²) in [6, 6.07) is 22.3. The second kappa shape index (κ2) is 15.1. The van der Waals surface area contributed by atoms with E-state index in [0.29, 0.717) is 19.1 Å². The highest BCUT2D eigenvalue weighted by molar-refractivity contribution is 7.88. The Labute approximate surface area is 310 Å². The Morgan fingerprint density at radius 1 is 0.830 bits per heavy atom. The number of hydrogen-bond acceptors (Lipinski definition) is 11. The van der Waals surface area contributed by atoms with Gasteiger partial charge in [-0.15, -0.1) is 0 Å². The van der Waals surface area contributed by atoms with E-state index in [1.54, 1.807) is 125 Å². The summed E-state index contributed by atoms with van der Waals surface area (Å²) in [6.07, 6.45) is -2.22. The van der Waals surface area contributed by atoms with E-state index in [4.69, 9.17) is 14.2 Å². The number of hydrogen-bond donors (Lipinski definition) is 2. The lowest BCUT2D eigenvalue weighted by Gasteiger charge is -2.27. The Morgan fingerprint density at radius 3 is 1.94 bits per heavy atom. The van der Waals surface area contributed by atoms with Gasteiger partial charge in [-0.25, -0.2) is 32.9 Å². The van der Waals surface area contributed by atoms with E-state index in [1.165, 1.54) is 0 Å². The monoisotopic (exact) mass is 762 g/mol. The molecule has 0 saturated heterocycles. The molecule has 5 rings (SSSR count). The molecular weight excluding hydrogens is 725 g/mol. The third kappa shape index (κ3) is 9.39. The molecule has 278 valence electrons. The molecule has 0 unspecified atom stereocenters. The zero-order chi connectivity index (χ0) is 38.7. The molecule has 2 N–H and O–H groups in total. The first-order valence-electron chi connectivity index (χ1n) is 16.2. The van der Waals surface area contributed by atoms with Crippen molar-refractivity contribution in [2.75, 3.05) is 4.90 Å². The van der Waals surface area contributed by atoms with Gasteiger partial charge in [-0.3, -0.25) is 0 Å². The van der Waals surface area contributed by atoms with Crippen molar-refractivity contribution in [1.82, 2.24) is 13.7 Å². The minimum Gasteiger partial charge on any atom is -0.477 e. The highest BCUT2D eigenvalue weighted by Gasteiger charge is 2.36. The normalized spacial score (nSPS) is 11.9. The summed E-state index contributed by atoms with van der Waals surface area (Å²) in [5.41, 5.74) is -0.763. The maximum atomic E-state index is 13.7. The molecule has 0 bridgehead atoms. The molecule has 3 aromatic carbocycles. The van der Waals surface area contributed by atoms with Gasteiger partial charge in [0.2, 0.25) is 5.13 Å². The fourth-order valence-corrected chi connectivity index (χ4v) is 7.18. The summed E-state index contributed by atoms with van der Waals surface area (Å²) in [5.74, 6) is -1.63. The van der Waals surface area contributed by atoms with Crippen LogP contribution in [0.1, 0.15) is 68.7 Å². The number of nitrogens with zero attached hydrogens (tertiary/aromatic N) is 3. The first-order chi connectivity index (χ1) is 24.8. The van der Waals surface area contributed by atoms with Crippen LogP contribution < -0.4 is 9.62 Å². The fourth-order valence-electron chi connectivity index (χ4n) is 5.16. The number of aromatic carboxylic acids is 1. The summed E-state index contributed by atoms with van der Waals surface area (Å²) >= 11 is 0.938. The predicted molar refractivity (Wildman–Crippen MR) is 198 cm³/mol. The third-order valence-electron chi connectivity index (χ3n) is 7.20. The van der Waals surface area contributed by atoms with Crippen LogP contribution in [0.5, 0.6) is 0 Å². The van der Waals surface area contributed by atoms with Crippen LogP contribution in [0.3, 0.4) is 0 Å². The zero-order valence-corrected chi connectivity index (χ0v) is 31.4. The lowest BCUT2D eigenvalue weighted by atomic mass is 9.96. The van der Waals surface area contributed by atoms with Gasteiger partial charge in [0.05, 0.1) is 10.2 Å². The van der Waals surface area contributed by atoms with Crippen molar-refractivity contribution in [2.45, 2.75) is 65.8 Å². The molecule has 14 nitrogen and oxygen atoms in total. The Bertz CT molecular complexity index is 2240. The standard InChI is InChI=1S/C37H38N4O10S2/c1-36(2,3)50-34(45)41(35(46)51-37(4,5)6)32-38-29-26(18-13-19-27(29)52-32)28-25(20-23-14-9-7-10-15-23)21-40(30(28)31(42)43)53(47,48)39-33(44)49-22-24-16-11-8-12-17-24/h7-19,21H,20,22H2,1-6H3,(H,39,44)(H,42,43). The summed E-state index contributed by atoms with van der Waals surface area (Å²) in [4.78, 5) is 57.9. The second-order valence-corrected chi connectivity index (χ2v) is 16.3. The van der Waals surface area contributed by atoms with E-state index in [2.05, 4.69) is 4.98 Å². The van der Waals surface area contributed by atoms with E-state index >= 15 is 0 Å². The van der Waals surface area contributed by atoms with Gasteiger partial charge >= 0.3 is 34.5 Å². The van der Waals surface area contributed by atoms with Gasteiger partial charge in [0.1, 0.15) is 17.8 Å². The van der Waals surface area contributed by atoms with E-state index in [0.717, 1.165) is 23.1 Å². The lowest BCUT2D eigenvalue weighted by molar-refractivity contribution is 0.0429. The van der Waals surface area contributed by atoms with Crippen LogP contribution in [0, 0.1) is 0 Å². The number of imide groups is 1.